The highest BCUT2D eigenvalue weighted by atomic mass is 35.5. The predicted octanol–water partition coefficient (Wildman–Crippen LogP) is 3.23. The van der Waals surface area contributed by atoms with E-state index in [4.69, 9.17) is 21.4 Å². The molecule has 0 aliphatic heterocycles. The number of hydrogen-bond acceptors (Lipinski definition) is 3. The van der Waals surface area contributed by atoms with E-state index in [9.17, 15) is 9.59 Å². The number of benzene rings is 2. The van der Waals surface area contributed by atoms with E-state index in [2.05, 4.69) is 0 Å². The van der Waals surface area contributed by atoms with Gasteiger partial charge in [-0.05, 0) is 42.0 Å². The summed E-state index contributed by atoms with van der Waals surface area (Å²) in [6, 6.07) is 13.0. The lowest BCUT2D eigenvalue weighted by Gasteiger charge is -2.06. The third-order valence-electron chi connectivity index (χ3n) is 2.79. The molecule has 5 heteroatoms. The van der Waals surface area contributed by atoms with Crippen LogP contribution in [0.1, 0.15) is 15.9 Å². The Morgan fingerprint density at radius 3 is 2.48 bits per heavy atom. The van der Waals surface area contributed by atoms with Crippen molar-refractivity contribution in [2.24, 2.45) is 0 Å². The summed E-state index contributed by atoms with van der Waals surface area (Å²) in [5, 5.41) is 9.49. The molecule has 2 aromatic rings. The first kappa shape index (κ1) is 15.1. The molecular formula is C16H13ClO4. The maximum absolute atomic E-state index is 11.8. The second-order valence-corrected chi connectivity index (χ2v) is 4.90. The Morgan fingerprint density at radius 2 is 1.81 bits per heavy atom. The standard InChI is InChI=1S/C16H13ClO4/c17-13-4-6-15(7-5-13)21-10-14(18)9-11-2-1-3-12(8-11)16(19)20/h1-8H,9-10H2,(H,19,20). The lowest BCUT2D eigenvalue weighted by molar-refractivity contribution is -0.120. The Hall–Kier alpha value is -2.33. The summed E-state index contributed by atoms with van der Waals surface area (Å²) in [5.74, 6) is -0.582. The van der Waals surface area contributed by atoms with Gasteiger partial charge in [0.1, 0.15) is 12.4 Å². The van der Waals surface area contributed by atoms with Gasteiger partial charge in [0.15, 0.2) is 5.78 Å². The van der Waals surface area contributed by atoms with Gasteiger partial charge in [0.05, 0.1) is 5.56 Å². The monoisotopic (exact) mass is 304 g/mol. The minimum atomic E-state index is -1.01. The fourth-order valence-corrected chi connectivity index (χ4v) is 1.91. The number of aromatic carboxylic acids is 1. The molecule has 0 aliphatic carbocycles. The van der Waals surface area contributed by atoms with Crippen LogP contribution in [0.3, 0.4) is 0 Å². The van der Waals surface area contributed by atoms with Crippen LogP contribution < -0.4 is 4.74 Å². The van der Waals surface area contributed by atoms with Crippen LogP contribution in [0.4, 0.5) is 0 Å². The molecule has 2 aromatic carbocycles. The molecule has 0 aliphatic rings. The number of ketones is 1. The molecule has 0 spiro atoms. The molecule has 4 nitrogen and oxygen atoms in total. The average molecular weight is 305 g/mol. The molecule has 0 radical (unpaired) electrons. The molecular weight excluding hydrogens is 292 g/mol. The topological polar surface area (TPSA) is 63.6 Å². The van der Waals surface area contributed by atoms with Gasteiger partial charge in [-0.15, -0.1) is 0 Å². The molecule has 1 N–H and O–H groups in total. The molecule has 0 saturated heterocycles. The minimum absolute atomic E-state index is 0.0705. The molecule has 0 fully saturated rings. The molecule has 0 amide bonds. The van der Waals surface area contributed by atoms with E-state index in [0.29, 0.717) is 16.3 Å². The Morgan fingerprint density at radius 1 is 1.10 bits per heavy atom. The zero-order chi connectivity index (χ0) is 15.2. The molecule has 0 aromatic heterocycles. The first-order valence-electron chi connectivity index (χ1n) is 6.27. The zero-order valence-corrected chi connectivity index (χ0v) is 11.8. The second-order valence-electron chi connectivity index (χ2n) is 4.46. The van der Waals surface area contributed by atoms with Crippen molar-refractivity contribution in [3.05, 3.63) is 64.7 Å². The summed E-state index contributed by atoms with van der Waals surface area (Å²) in [6.07, 6.45) is 0.134. The third-order valence-corrected chi connectivity index (χ3v) is 3.04. The number of Topliss-reactive ketones (excluding diaryl/α,β-unsaturated/α-hetero) is 1. The van der Waals surface area contributed by atoms with Gasteiger partial charge in [-0.2, -0.15) is 0 Å². The van der Waals surface area contributed by atoms with Crippen LogP contribution in [0, 0.1) is 0 Å². The van der Waals surface area contributed by atoms with Crippen LogP contribution in [0.25, 0.3) is 0 Å². The number of carbonyl (C=O) groups is 2. The van der Waals surface area contributed by atoms with Gasteiger partial charge in [-0.1, -0.05) is 23.7 Å². The summed E-state index contributed by atoms with van der Waals surface area (Å²) in [6.45, 7) is -0.0705. The van der Waals surface area contributed by atoms with E-state index in [-0.39, 0.29) is 24.4 Å². The van der Waals surface area contributed by atoms with Crippen LogP contribution in [-0.2, 0) is 11.2 Å². The largest absolute Gasteiger partial charge is 0.486 e. The maximum Gasteiger partial charge on any atom is 0.335 e. The van der Waals surface area contributed by atoms with Gasteiger partial charge >= 0.3 is 5.97 Å². The Kier molecular flexibility index (Phi) is 4.95. The van der Waals surface area contributed by atoms with Gasteiger partial charge in [0.2, 0.25) is 0 Å². The van der Waals surface area contributed by atoms with E-state index in [1.54, 1.807) is 36.4 Å². The molecule has 0 unspecified atom stereocenters. The van der Waals surface area contributed by atoms with Gasteiger partial charge in [-0.25, -0.2) is 4.79 Å². The lowest BCUT2D eigenvalue weighted by atomic mass is 10.1. The smallest absolute Gasteiger partial charge is 0.335 e. The van der Waals surface area contributed by atoms with Crippen molar-refractivity contribution in [2.45, 2.75) is 6.42 Å². The summed E-state index contributed by atoms with van der Waals surface area (Å²) < 4.78 is 5.35. The summed E-state index contributed by atoms with van der Waals surface area (Å²) >= 11 is 5.75. The van der Waals surface area contributed by atoms with Gasteiger partial charge in [-0.3, -0.25) is 4.79 Å². The summed E-state index contributed by atoms with van der Waals surface area (Å²) in [7, 11) is 0. The van der Waals surface area contributed by atoms with Gasteiger partial charge in [0, 0.05) is 11.4 Å². The summed E-state index contributed by atoms with van der Waals surface area (Å²) in [4.78, 5) is 22.7. The molecule has 0 atom stereocenters. The number of rotatable bonds is 6. The highest BCUT2D eigenvalue weighted by molar-refractivity contribution is 6.30. The van der Waals surface area contributed by atoms with Crippen molar-refractivity contribution in [2.75, 3.05) is 6.61 Å². The van der Waals surface area contributed by atoms with Crippen LogP contribution in [0.5, 0.6) is 5.75 Å². The summed E-state index contributed by atoms with van der Waals surface area (Å²) in [5.41, 5.74) is 0.818. The number of ether oxygens (including phenoxy) is 1. The van der Waals surface area contributed by atoms with E-state index in [0.717, 1.165) is 0 Å². The van der Waals surface area contributed by atoms with Gasteiger partial charge < -0.3 is 9.84 Å². The van der Waals surface area contributed by atoms with E-state index in [1.807, 2.05) is 0 Å². The fraction of sp³-hybridized carbons (Fsp3) is 0.125. The van der Waals surface area contributed by atoms with Gasteiger partial charge in [0.25, 0.3) is 0 Å². The first-order valence-corrected chi connectivity index (χ1v) is 6.64. The van der Waals surface area contributed by atoms with Crippen molar-refractivity contribution < 1.29 is 19.4 Å². The SMILES string of the molecule is O=C(COc1ccc(Cl)cc1)Cc1cccc(C(=O)O)c1. The Bertz CT molecular complexity index is 650. The molecule has 21 heavy (non-hydrogen) atoms. The van der Waals surface area contributed by atoms with Crippen molar-refractivity contribution >= 4 is 23.4 Å². The van der Waals surface area contributed by atoms with Crippen molar-refractivity contribution in [3.63, 3.8) is 0 Å². The van der Waals surface area contributed by atoms with Crippen molar-refractivity contribution in [1.82, 2.24) is 0 Å². The van der Waals surface area contributed by atoms with E-state index >= 15 is 0 Å². The number of carboxylic acid groups (broad SMARTS) is 1. The molecule has 0 bridgehead atoms. The Labute approximate surface area is 126 Å². The predicted molar refractivity (Wildman–Crippen MR) is 79.1 cm³/mol. The van der Waals surface area contributed by atoms with Crippen LogP contribution in [-0.4, -0.2) is 23.5 Å². The highest BCUT2D eigenvalue weighted by Crippen LogP contribution is 2.15. The van der Waals surface area contributed by atoms with E-state index in [1.165, 1.54) is 12.1 Å². The second kappa shape index (κ2) is 6.90. The van der Waals surface area contributed by atoms with Crippen molar-refractivity contribution in [3.8, 4) is 5.75 Å². The molecule has 108 valence electrons. The number of carboxylic acids is 1. The number of carbonyl (C=O) groups excluding carboxylic acids is 1. The average Bonchev–Trinajstić information content (AvgIpc) is 2.47. The number of hydrogen-bond donors (Lipinski definition) is 1. The van der Waals surface area contributed by atoms with Crippen LogP contribution in [0.15, 0.2) is 48.5 Å². The quantitative estimate of drug-likeness (QED) is 0.890. The first-order chi connectivity index (χ1) is 10.0. The van der Waals surface area contributed by atoms with Crippen LogP contribution >= 0.6 is 11.6 Å². The highest BCUT2D eigenvalue weighted by Gasteiger charge is 2.08. The Balaban J connectivity index is 1.91. The molecule has 0 heterocycles. The lowest BCUT2D eigenvalue weighted by Crippen LogP contribution is -2.14. The van der Waals surface area contributed by atoms with Crippen molar-refractivity contribution in [1.29, 1.82) is 0 Å². The third kappa shape index (κ3) is 4.61. The minimum Gasteiger partial charge on any atom is -0.486 e. The zero-order valence-electron chi connectivity index (χ0n) is 11.1. The normalized spacial score (nSPS) is 10.1. The maximum atomic E-state index is 11.8. The van der Waals surface area contributed by atoms with E-state index < -0.39 is 5.97 Å². The number of halogens is 1. The fourth-order valence-electron chi connectivity index (χ4n) is 1.79. The molecule has 2 rings (SSSR count). The van der Waals surface area contributed by atoms with Crippen LogP contribution in [0.2, 0.25) is 5.02 Å². The molecule has 0 saturated carbocycles.